The van der Waals surface area contributed by atoms with Gasteiger partial charge >= 0.3 is 6.01 Å². The Bertz CT molecular complexity index is 1810. The van der Waals surface area contributed by atoms with Crippen molar-refractivity contribution in [2.24, 2.45) is 11.8 Å². The predicted molar refractivity (Wildman–Crippen MR) is 165 cm³/mol. The monoisotopic (exact) mass is 620 g/mol. The number of aromatic hydroxyl groups is 1. The third-order valence-corrected chi connectivity index (χ3v) is 10.8. The Morgan fingerprint density at radius 3 is 2.58 bits per heavy atom. The number of anilines is 1. The fourth-order valence-corrected chi connectivity index (χ4v) is 8.67. The summed E-state index contributed by atoms with van der Waals surface area (Å²) in [5.41, 5.74) is 0.551. The van der Waals surface area contributed by atoms with Crippen LogP contribution in [0.25, 0.3) is 32.8 Å². The van der Waals surface area contributed by atoms with E-state index in [1.54, 1.807) is 24.3 Å². The van der Waals surface area contributed by atoms with Crippen molar-refractivity contribution in [3.8, 4) is 22.9 Å². The standard InChI is InChI=1S/C35H36F4N4O2/c1-2-24-28(37)9-6-19-12-23(44)13-27(29(19)24)25-7-8-26-32(31(25)39)40-34(45-18-35-10-3-11-43(35)17-22(36)14-35)41-33(26)42-15-20-4-5-21(16-42)30(20)38/h6-9,12-13,20-22,30,44H,2-5,10-11,14-18H2,1H3/t20?,21?,22-,30?,35+/m1/s1. The van der Waals surface area contributed by atoms with Crippen LogP contribution in [0.4, 0.5) is 23.4 Å². The molecule has 1 aromatic heterocycles. The number of hydrogen-bond acceptors (Lipinski definition) is 6. The first-order valence-corrected chi connectivity index (χ1v) is 16.1. The first-order chi connectivity index (χ1) is 21.7. The first-order valence-electron chi connectivity index (χ1n) is 16.1. The number of aromatic nitrogens is 2. The predicted octanol–water partition coefficient (Wildman–Crippen LogP) is 7.14. The van der Waals surface area contributed by atoms with E-state index < -0.39 is 29.5 Å². The number of nitrogens with zero attached hydrogens (tertiary/aromatic N) is 4. The normalized spacial score (nSPS) is 28.0. The highest BCUT2D eigenvalue weighted by molar-refractivity contribution is 6.03. The maximum absolute atomic E-state index is 16.9. The minimum Gasteiger partial charge on any atom is -0.508 e. The molecule has 4 aliphatic rings. The lowest BCUT2D eigenvalue weighted by atomic mass is 9.92. The number of benzene rings is 3. The van der Waals surface area contributed by atoms with Gasteiger partial charge in [0, 0.05) is 48.8 Å². The van der Waals surface area contributed by atoms with Crippen LogP contribution in [0.2, 0.25) is 0 Å². The van der Waals surface area contributed by atoms with Crippen LogP contribution in [-0.4, -0.2) is 70.6 Å². The highest BCUT2D eigenvalue weighted by Crippen LogP contribution is 2.45. The van der Waals surface area contributed by atoms with Gasteiger partial charge in [0.15, 0.2) is 5.82 Å². The SMILES string of the molecule is CCc1c(F)ccc2cc(O)cc(-c3ccc4c(N5CC6CCC(C5)C6F)nc(OC[C@@]56CCCN5C[C@H](F)C6)nc4c3F)c12. The number of phenolic OH excluding ortho intramolecular Hbond substituents is 1. The molecule has 0 spiro atoms. The number of phenols is 1. The Hall–Kier alpha value is -3.66. The van der Waals surface area contributed by atoms with Gasteiger partial charge in [0.05, 0.1) is 5.54 Å². The lowest BCUT2D eigenvalue weighted by Crippen LogP contribution is -2.44. The van der Waals surface area contributed by atoms with E-state index in [1.165, 1.54) is 12.1 Å². The molecule has 1 saturated carbocycles. The minimum atomic E-state index is -0.922. The quantitative estimate of drug-likeness (QED) is 0.232. The molecule has 2 bridgehead atoms. The van der Waals surface area contributed by atoms with Gasteiger partial charge in [0.25, 0.3) is 0 Å². The molecule has 0 amide bonds. The Kier molecular flexibility index (Phi) is 6.85. The van der Waals surface area contributed by atoms with Crippen molar-refractivity contribution in [3.05, 3.63) is 53.6 Å². The van der Waals surface area contributed by atoms with Crippen LogP contribution in [-0.2, 0) is 6.42 Å². The number of fused-ring (bicyclic) bond motifs is 5. The van der Waals surface area contributed by atoms with E-state index in [1.807, 2.05) is 11.8 Å². The Balaban J connectivity index is 1.27. The van der Waals surface area contributed by atoms with E-state index in [9.17, 15) is 18.3 Å². The summed E-state index contributed by atoms with van der Waals surface area (Å²) in [7, 11) is 0. The molecule has 10 heteroatoms. The molecule has 236 valence electrons. The van der Waals surface area contributed by atoms with Gasteiger partial charge in [-0.3, -0.25) is 4.90 Å². The maximum atomic E-state index is 16.9. The number of ether oxygens (including phenoxy) is 1. The molecule has 4 atom stereocenters. The zero-order chi connectivity index (χ0) is 31.0. The van der Waals surface area contributed by atoms with Gasteiger partial charge < -0.3 is 14.7 Å². The second kappa shape index (κ2) is 10.7. The zero-order valence-corrected chi connectivity index (χ0v) is 25.2. The summed E-state index contributed by atoms with van der Waals surface area (Å²) in [5, 5.41) is 12.2. The molecule has 8 rings (SSSR count). The third-order valence-electron chi connectivity index (χ3n) is 10.8. The molecule has 45 heavy (non-hydrogen) atoms. The molecule has 1 aliphatic carbocycles. The van der Waals surface area contributed by atoms with Crippen LogP contribution in [0.5, 0.6) is 11.8 Å². The van der Waals surface area contributed by atoms with Crippen LogP contribution in [0.3, 0.4) is 0 Å². The van der Waals surface area contributed by atoms with E-state index in [2.05, 4.69) is 9.88 Å². The van der Waals surface area contributed by atoms with Crippen molar-refractivity contribution < 1.29 is 27.4 Å². The lowest BCUT2D eigenvalue weighted by molar-refractivity contribution is 0.107. The largest absolute Gasteiger partial charge is 0.508 e. The van der Waals surface area contributed by atoms with Crippen molar-refractivity contribution in [2.75, 3.05) is 37.7 Å². The van der Waals surface area contributed by atoms with E-state index in [0.29, 0.717) is 65.6 Å². The van der Waals surface area contributed by atoms with Crippen molar-refractivity contribution in [2.45, 2.75) is 63.3 Å². The van der Waals surface area contributed by atoms with E-state index in [0.717, 1.165) is 32.2 Å². The van der Waals surface area contributed by atoms with Gasteiger partial charge in [-0.05, 0) is 84.8 Å². The number of hydrogen-bond donors (Lipinski definition) is 1. The first kappa shape index (κ1) is 28.8. The highest BCUT2D eigenvalue weighted by Gasteiger charge is 2.49. The summed E-state index contributed by atoms with van der Waals surface area (Å²) in [6.45, 7) is 4.14. The Morgan fingerprint density at radius 2 is 1.80 bits per heavy atom. The van der Waals surface area contributed by atoms with Crippen LogP contribution in [0.15, 0.2) is 36.4 Å². The fourth-order valence-electron chi connectivity index (χ4n) is 8.67. The summed E-state index contributed by atoms with van der Waals surface area (Å²) in [6, 6.07) is 9.30. The van der Waals surface area contributed by atoms with Crippen LogP contribution in [0.1, 0.15) is 44.6 Å². The van der Waals surface area contributed by atoms with Crippen LogP contribution < -0.4 is 9.64 Å². The summed E-state index contributed by atoms with van der Waals surface area (Å²) in [5.74, 6) is -0.852. The molecular formula is C35H36F4N4O2. The van der Waals surface area contributed by atoms with Gasteiger partial charge in [0.1, 0.15) is 41.9 Å². The molecule has 3 aliphatic heterocycles. The molecule has 4 fully saturated rings. The van der Waals surface area contributed by atoms with Crippen molar-refractivity contribution in [3.63, 3.8) is 0 Å². The molecule has 4 heterocycles. The molecule has 2 unspecified atom stereocenters. The number of halogens is 4. The fraction of sp³-hybridized carbons (Fsp3) is 0.486. The molecule has 3 saturated heterocycles. The number of aryl methyl sites for hydroxylation is 1. The topological polar surface area (TPSA) is 61.7 Å². The Morgan fingerprint density at radius 1 is 1.00 bits per heavy atom. The average molecular weight is 621 g/mol. The molecule has 0 radical (unpaired) electrons. The van der Waals surface area contributed by atoms with Gasteiger partial charge in [-0.1, -0.05) is 19.1 Å². The second-order valence-electron chi connectivity index (χ2n) is 13.4. The van der Waals surface area contributed by atoms with Gasteiger partial charge in [-0.2, -0.15) is 9.97 Å². The highest BCUT2D eigenvalue weighted by atomic mass is 19.1. The molecule has 1 N–H and O–H groups in total. The van der Waals surface area contributed by atoms with Crippen molar-refractivity contribution >= 4 is 27.5 Å². The number of piperidine rings is 1. The summed E-state index contributed by atoms with van der Waals surface area (Å²) >= 11 is 0. The average Bonchev–Trinajstić information content (AvgIpc) is 3.60. The molecule has 4 aromatic rings. The van der Waals surface area contributed by atoms with E-state index in [4.69, 9.17) is 9.72 Å². The number of rotatable bonds is 6. The van der Waals surface area contributed by atoms with E-state index in [-0.39, 0.29) is 41.3 Å². The summed E-state index contributed by atoms with van der Waals surface area (Å²) < 4.78 is 67.4. The van der Waals surface area contributed by atoms with Gasteiger partial charge in [-0.25, -0.2) is 17.6 Å². The van der Waals surface area contributed by atoms with Crippen LogP contribution >= 0.6 is 0 Å². The molecule has 6 nitrogen and oxygen atoms in total. The van der Waals surface area contributed by atoms with Crippen molar-refractivity contribution in [1.29, 1.82) is 0 Å². The van der Waals surface area contributed by atoms with Crippen molar-refractivity contribution in [1.82, 2.24) is 14.9 Å². The van der Waals surface area contributed by atoms with Gasteiger partial charge in [0.2, 0.25) is 0 Å². The molecular weight excluding hydrogens is 584 g/mol. The maximum Gasteiger partial charge on any atom is 0.319 e. The smallest absolute Gasteiger partial charge is 0.319 e. The van der Waals surface area contributed by atoms with Gasteiger partial charge in [-0.15, -0.1) is 0 Å². The summed E-state index contributed by atoms with van der Waals surface area (Å²) in [4.78, 5) is 13.5. The third kappa shape index (κ3) is 4.62. The second-order valence-corrected chi connectivity index (χ2v) is 13.4. The summed E-state index contributed by atoms with van der Waals surface area (Å²) in [6.07, 6.45) is 2.34. The van der Waals surface area contributed by atoms with Crippen LogP contribution in [0, 0.1) is 23.5 Å². The molecule has 3 aromatic carbocycles. The minimum absolute atomic E-state index is 0.00661. The lowest BCUT2D eigenvalue weighted by Gasteiger charge is -2.36. The van der Waals surface area contributed by atoms with E-state index >= 15 is 4.39 Å². The zero-order valence-electron chi connectivity index (χ0n) is 25.2. The Labute approximate surface area is 259 Å². The number of alkyl halides is 2.